The molecule has 0 saturated carbocycles. The number of hydrogen-bond donors (Lipinski definition) is 0. The predicted octanol–water partition coefficient (Wildman–Crippen LogP) is 2.91. The summed E-state index contributed by atoms with van der Waals surface area (Å²) in [6.45, 7) is 12.4. The zero-order valence-electron chi connectivity index (χ0n) is 9.56. The molecule has 13 heavy (non-hydrogen) atoms. The predicted molar refractivity (Wildman–Crippen MR) is 56.8 cm³/mol. The Kier molecular flexibility index (Phi) is 1.99. The van der Waals surface area contributed by atoms with Crippen molar-refractivity contribution in [3.63, 3.8) is 0 Å². The van der Waals surface area contributed by atoms with Crippen LogP contribution in [-0.2, 0) is 0 Å². The highest BCUT2D eigenvalue weighted by Crippen LogP contribution is 2.54. The van der Waals surface area contributed by atoms with Crippen LogP contribution >= 0.6 is 0 Å². The van der Waals surface area contributed by atoms with Gasteiger partial charge in [0.2, 0.25) is 0 Å². The van der Waals surface area contributed by atoms with Crippen molar-refractivity contribution in [2.45, 2.75) is 52.5 Å². The average Bonchev–Trinajstić information content (AvgIpc) is 2.49. The van der Waals surface area contributed by atoms with Gasteiger partial charge in [-0.25, -0.2) is 0 Å². The van der Waals surface area contributed by atoms with Crippen LogP contribution in [0.5, 0.6) is 0 Å². The van der Waals surface area contributed by atoms with Crippen LogP contribution in [0, 0.1) is 11.3 Å². The van der Waals surface area contributed by atoms with Gasteiger partial charge in [0.15, 0.2) is 0 Å². The second-order valence-corrected chi connectivity index (χ2v) is 5.77. The van der Waals surface area contributed by atoms with Gasteiger partial charge in [-0.1, -0.05) is 27.7 Å². The van der Waals surface area contributed by atoms with Gasteiger partial charge in [-0.2, -0.15) is 0 Å². The molecule has 2 saturated heterocycles. The molecule has 0 aliphatic carbocycles. The molecule has 1 heteroatoms. The van der Waals surface area contributed by atoms with Gasteiger partial charge in [-0.3, -0.25) is 4.90 Å². The van der Waals surface area contributed by atoms with Crippen molar-refractivity contribution in [1.29, 1.82) is 0 Å². The molecule has 2 heterocycles. The van der Waals surface area contributed by atoms with Crippen LogP contribution in [-0.4, -0.2) is 23.5 Å². The Hall–Kier alpha value is -0.0400. The van der Waals surface area contributed by atoms with Crippen molar-refractivity contribution in [1.82, 2.24) is 4.90 Å². The van der Waals surface area contributed by atoms with Gasteiger partial charge in [0.1, 0.15) is 0 Å². The van der Waals surface area contributed by atoms with E-state index in [1.807, 2.05) is 0 Å². The summed E-state index contributed by atoms with van der Waals surface area (Å²) in [4.78, 5) is 2.76. The molecule has 0 unspecified atom stereocenters. The minimum Gasteiger partial charge on any atom is -0.297 e. The van der Waals surface area contributed by atoms with Gasteiger partial charge in [0.05, 0.1) is 0 Å². The average molecular weight is 181 g/mol. The van der Waals surface area contributed by atoms with E-state index in [9.17, 15) is 0 Å². The molecule has 0 aromatic heterocycles. The second-order valence-electron chi connectivity index (χ2n) is 5.77. The third kappa shape index (κ3) is 1.09. The van der Waals surface area contributed by atoms with Crippen molar-refractivity contribution >= 4 is 0 Å². The van der Waals surface area contributed by atoms with Gasteiger partial charge in [0.25, 0.3) is 0 Å². The summed E-state index contributed by atoms with van der Waals surface area (Å²) in [6, 6.07) is 0. The zero-order chi connectivity index (χ0) is 9.69. The highest BCUT2D eigenvalue weighted by molar-refractivity contribution is 5.10. The maximum absolute atomic E-state index is 2.76. The molecule has 2 rings (SSSR count). The highest BCUT2D eigenvalue weighted by atomic mass is 15.3. The van der Waals surface area contributed by atoms with Crippen molar-refractivity contribution in [2.75, 3.05) is 13.1 Å². The molecule has 0 bridgehead atoms. The molecule has 2 aliphatic rings. The topological polar surface area (TPSA) is 3.24 Å². The summed E-state index contributed by atoms with van der Waals surface area (Å²) < 4.78 is 0. The van der Waals surface area contributed by atoms with Gasteiger partial charge >= 0.3 is 0 Å². The van der Waals surface area contributed by atoms with E-state index in [1.54, 1.807) is 0 Å². The summed E-state index contributed by atoms with van der Waals surface area (Å²) in [5.41, 5.74) is 1.10. The molecule has 2 fully saturated rings. The quantitative estimate of drug-likeness (QED) is 0.601. The Morgan fingerprint density at radius 3 is 2.62 bits per heavy atom. The lowest BCUT2D eigenvalue weighted by Crippen LogP contribution is -2.46. The number of hydrogen-bond acceptors (Lipinski definition) is 1. The van der Waals surface area contributed by atoms with Crippen molar-refractivity contribution in [3.8, 4) is 0 Å². The highest BCUT2D eigenvalue weighted by Gasteiger charge is 2.56. The Morgan fingerprint density at radius 2 is 2.08 bits per heavy atom. The Labute approximate surface area is 82.5 Å². The molecule has 2 aliphatic heterocycles. The van der Waals surface area contributed by atoms with Crippen LogP contribution in [0.15, 0.2) is 0 Å². The van der Waals surface area contributed by atoms with Gasteiger partial charge in [-0.05, 0) is 37.1 Å². The fourth-order valence-corrected chi connectivity index (χ4v) is 3.82. The van der Waals surface area contributed by atoms with E-state index in [-0.39, 0.29) is 0 Å². The number of rotatable bonds is 1. The third-order valence-electron chi connectivity index (χ3n) is 4.67. The Bertz CT molecular complexity index is 209. The van der Waals surface area contributed by atoms with Gasteiger partial charge in [-0.15, -0.1) is 0 Å². The molecule has 0 N–H and O–H groups in total. The van der Waals surface area contributed by atoms with E-state index in [0.717, 1.165) is 5.92 Å². The molecule has 0 aromatic carbocycles. The smallest absolute Gasteiger partial charge is 0.0261 e. The van der Waals surface area contributed by atoms with E-state index in [0.29, 0.717) is 11.0 Å². The van der Waals surface area contributed by atoms with Gasteiger partial charge < -0.3 is 0 Å². The maximum atomic E-state index is 2.76. The molecular weight excluding hydrogens is 158 g/mol. The first kappa shape index (κ1) is 9.51. The van der Waals surface area contributed by atoms with Crippen LogP contribution < -0.4 is 0 Å². The summed E-state index contributed by atoms with van der Waals surface area (Å²) in [5.74, 6) is 0.916. The van der Waals surface area contributed by atoms with E-state index in [2.05, 4.69) is 32.6 Å². The van der Waals surface area contributed by atoms with Gasteiger partial charge in [0, 0.05) is 12.1 Å². The van der Waals surface area contributed by atoms with Crippen molar-refractivity contribution in [3.05, 3.63) is 0 Å². The van der Waals surface area contributed by atoms with Crippen LogP contribution in [0.4, 0.5) is 0 Å². The zero-order valence-corrected chi connectivity index (χ0v) is 9.56. The molecular formula is C12H23N. The SMILES string of the molecule is CC[C@]12C[C@@H](C)CN1CCC2(C)C. The fourth-order valence-electron chi connectivity index (χ4n) is 3.82. The summed E-state index contributed by atoms with van der Waals surface area (Å²) >= 11 is 0. The second kappa shape index (κ2) is 2.73. The molecule has 0 aromatic rings. The lowest BCUT2D eigenvalue weighted by molar-refractivity contribution is 0.0894. The van der Waals surface area contributed by atoms with Crippen molar-refractivity contribution in [2.24, 2.45) is 11.3 Å². The minimum atomic E-state index is 0.548. The summed E-state index contributed by atoms with van der Waals surface area (Å²) in [6.07, 6.45) is 4.16. The summed E-state index contributed by atoms with van der Waals surface area (Å²) in [5, 5.41) is 0. The first-order chi connectivity index (χ1) is 6.02. The monoisotopic (exact) mass is 181 g/mol. The van der Waals surface area contributed by atoms with E-state index in [4.69, 9.17) is 0 Å². The molecule has 0 amide bonds. The first-order valence-corrected chi connectivity index (χ1v) is 5.77. The van der Waals surface area contributed by atoms with Crippen LogP contribution in [0.25, 0.3) is 0 Å². The normalized spacial score (nSPS) is 43.8. The van der Waals surface area contributed by atoms with Crippen LogP contribution in [0.3, 0.4) is 0 Å². The first-order valence-electron chi connectivity index (χ1n) is 5.77. The molecule has 1 nitrogen and oxygen atoms in total. The molecule has 0 spiro atoms. The molecule has 0 radical (unpaired) electrons. The fraction of sp³-hybridized carbons (Fsp3) is 1.00. The lowest BCUT2D eigenvalue weighted by atomic mass is 9.69. The number of fused-ring (bicyclic) bond motifs is 1. The molecule has 2 atom stereocenters. The Balaban J connectivity index is 2.31. The Morgan fingerprint density at radius 1 is 1.38 bits per heavy atom. The maximum Gasteiger partial charge on any atom is 0.0261 e. The number of nitrogens with zero attached hydrogens (tertiary/aromatic N) is 1. The van der Waals surface area contributed by atoms with E-state index in [1.165, 1.54) is 32.4 Å². The minimum absolute atomic E-state index is 0.548. The van der Waals surface area contributed by atoms with Crippen LogP contribution in [0.2, 0.25) is 0 Å². The summed E-state index contributed by atoms with van der Waals surface area (Å²) in [7, 11) is 0. The van der Waals surface area contributed by atoms with Crippen molar-refractivity contribution < 1.29 is 0 Å². The van der Waals surface area contributed by atoms with Crippen LogP contribution in [0.1, 0.15) is 47.0 Å². The van der Waals surface area contributed by atoms with E-state index >= 15 is 0 Å². The van der Waals surface area contributed by atoms with E-state index < -0.39 is 0 Å². The largest absolute Gasteiger partial charge is 0.297 e. The molecule has 76 valence electrons. The lowest BCUT2D eigenvalue weighted by Gasteiger charge is -2.42. The third-order valence-corrected chi connectivity index (χ3v) is 4.67. The standard InChI is InChI=1S/C12H23N/c1-5-12-8-10(2)9-13(12)7-6-11(12,3)4/h10H,5-9H2,1-4H3/t10-,12-/m1/s1.